The van der Waals surface area contributed by atoms with Crippen molar-refractivity contribution >= 4 is 15.9 Å². The molecule has 0 aliphatic carbocycles. The van der Waals surface area contributed by atoms with Crippen molar-refractivity contribution in [2.24, 2.45) is 0 Å². The minimum absolute atomic E-state index is 0.0626. The van der Waals surface area contributed by atoms with E-state index in [9.17, 15) is 13.2 Å². The number of rotatable bonds is 3. The van der Waals surface area contributed by atoms with Crippen molar-refractivity contribution in [3.63, 3.8) is 0 Å². The maximum Gasteiger partial charge on any atom is 0.416 e. The fraction of sp³-hybridized carbons (Fsp3) is 0.188. The van der Waals surface area contributed by atoms with E-state index in [0.29, 0.717) is 22.9 Å². The second-order valence-corrected chi connectivity index (χ2v) is 5.43. The lowest BCUT2D eigenvalue weighted by atomic mass is 9.98. The summed E-state index contributed by atoms with van der Waals surface area (Å²) >= 11 is 3.15. The van der Waals surface area contributed by atoms with Gasteiger partial charge in [0, 0.05) is 4.47 Å². The van der Waals surface area contributed by atoms with Crippen molar-refractivity contribution in [2.45, 2.75) is 19.0 Å². The third-order valence-corrected chi connectivity index (χ3v) is 3.86. The lowest BCUT2D eigenvalue weighted by Gasteiger charge is -2.12. The maximum absolute atomic E-state index is 12.7. The Labute approximate surface area is 129 Å². The average molecular weight is 354 g/mol. The van der Waals surface area contributed by atoms with Crippen molar-refractivity contribution in [1.29, 1.82) is 5.26 Å². The highest BCUT2D eigenvalue weighted by molar-refractivity contribution is 9.10. The first-order chi connectivity index (χ1) is 9.91. The van der Waals surface area contributed by atoms with E-state index in [-0.39, 0.29) is 5.56 Å². The number of alkyl halides is 3. The molecule has 108 valence electrons. The highest BCUT2D eigenvalue weighted by atomic mass is 79.9. The molecule has 0 amide bonds. The SMILES string of the molecule is N#Cc1cc(C(F)(F)F)cc(Br)c1CCc1ccccc1. The first-order valence-electron chi connectivity index (χ1n) is 6.25. The van der Waals surface area contributed by atoms with Crippen molar-refractivity contribution in [3.8, 4) is 6.07 Å². The lowest BCUT2D eigenvalue weighted by molar-refractivity contribution is -0.137. The first kappa shape index (κ1) is 15.6. The molecule has 2 rings (SSSR count). The van der Waals surface area contributed by atoms with Crippen molar-refractivity contribution < 1.29 is 13.2 Å². The fourth-order valence-electron chi connectivity index (χ4n) is 2.07. The molecule has 0 fully saturated rings. The summed E-state index contributed by atoms with van der Waals surface area (Å²) in [5, 5.41) is 9.09. The molecule has 0 bridgehead atoms. The van der Waals surface area contributed by atoms with E-state index in [0.717, 1.165) is 17.7 Å². The topological polar surface area (TPSA) is 23.8 Å². The maximum atomic E-state index is 12.7. The molecular formula is C16H11BrF3N. The van der Waals surface area contributed by atoms with Gasteiger partial charge in [0.25, 0.3) is 0 Å². The summed E-state index contributed by atoms with van der Waals surface area (Å²) in [7, 11) is 0. The van der Waals surface area contributed by atoms with Crippen LogP contribution in [0.25, 0.3) is 0 Å². The largest absolute Gasteiger partial charge is 0.416 e. The van der Waals surface area contributed by atoms with Crippen LogP contribution in [0.2, 0.25) is 0 Å². The molecule has 0 atom stereocenters. The van der Waals surface area contributed by atoms with Gasteiger partial charge in [0.1, 0.15) is 0 Å². The summed E-state index contributed by atoms with van der Waals surface area (Å²) in [5.74, 6) is 0. The van der Waals surface area contributed by atoms with Gasteiger partial charge in [0.2, 0.25) is 0 Å². The van der Waals surface area contributed by atoms with E-state index in [1.807, 2.05) is 36.4 Å². The van der Waals surface area contributed by atoms with Crippen LogP contribution in [0, 0.1) is 11.3 Å². The molecule has 0 saturated carbocycles. The molecule has 2 aromatic carbocycles. The Morgan fingerprint density at radius 3 is 2.29 bits per heavy atom. The zero-order valence-electron chi connectivity index (χ0n) is 10.9. The van der Waals surface area contributed by atoms with Crippen LogP contribution in [-0.2, 0) is 19.0 Å². The minimum Gasteiger partial charge on any atom is -0.192 e. The van der Waals surface area contributed by atoms with Gasteiger partial charge in [-0.1, -0.05) is 46.3 Å². The second-order valence-electron chi connectivity index (χ2n) is 4.58. The number of nitrogens with zero attached hydrogens (tertiary/aromatic N) is 1. The van der Waals surface area contributed by atoms with Crippen LogP contribution in [0.5, 0.6) is 0 Å². The molecule has 0 heterocycles. The Kier molecular flexibility index (Phi) is 4.69. The summed E-state index contributed by atoms with van der Waals surface area (Å²) in [5.41, 5.74) is 0.935. The Bertz CT molecular complexity index is 672. The second kappa shape index (κ2) is 6.31. The highest BCUT2D eigenvalue weighted by Crippen LogP contribution is 2.34. The van der Waals surface area contributed by atoms with Crippen molar-refractivity contribution in [1.82, 2.24) is 0 Å². The molecule has 0 N–H and O–H groups in total. The molecule has 0 unspecified atom stereocenters. The van der Waals surface area contributed by atoms with E-state index < -0.39 is 11.7 Å². The standard InChI is InChI=1S/C16H11BrF3N/c17-15-9-13(16(18,19)20)8-12(10-21)14(15)7-6-11-4-2-1-3-5-11/h1-5,8-9H,6-7H2. The molecule has 1 nitrogen and oxygen atoms in total. The monoisotopic (exact) mass is 353 g/mol. The summed E-state index contributed by atoms with van der Waals surface area (Å²) in [6, 6.07) is 13.4. The summed E-state index contributed by atoms with van der Waals surface area (Å²) in [6.07, 6.45) is -3.28. The molecule has 0 aromatic heterocycles. The first-order valence-corrected chi connectivity index (χ1v) is 7.05. The van der Waals surface area contributed by atoms with Crippen molar-refractivity contribution in [2.75, 3.05) is 0 Å². The van der Waals surface area contributed by atoms with Gasteiger partial charge < -0.3 is 0 Å². The van der Waals surface area contributed by atoms with Gasteiger partial charge in [-0.25, -0.2) is 0 Å². The van der Waals surface area contributed by atoms with Gasteiger partial charge in [-0.05, 0) is 36.1 Å². The van der Waals surface area contributed by atoms with Gasteiger partial charge in [-0.2, -0.15) is 18.4 Å². The highest BCUT2D eigenvalue weighted by Gasteiger charge is 2.32. The average Bonchev–Trinajstić information content (AvgIpc) is 2.45. The lowest BCUT2D eigenvalue weighted by Crippen LogP contribution is -2.07. The quantitative estimate of drug-likeness (QED) is 0.750. The minimum atomic E-state index is -4.45. The summed E-state index contributed by atoms with van der Waals surface area (Å²) < 4.78 is 38.5. The summed E-state index contributed by atoms with van der Waals surface area (Å²) in [6.45, 7) is 0. The van der Waals surface area contributed by atoms with Crippen molar-refractivity contribution in [3.05, 3.63) is 69.2 Å². The fourth-order valence-corrected chi connectivity index (χ4v) is 2.73. The smallest absolute Gasteiger partial charge is 0.192 e. The number of nitriles is 1. The number of hydrogen-bond donors (Lipinski definition) is 0. The van der Waals surface area contributed by atoms with Gasteiger partial charge in [-0.15, -0.1) is 0 Å². The van der Waals surface area contributed by atoms with Crippen LogP contribution in [0.15, 0.2) is 46.9 Å². The molecule has 0 radical (unpaired) electrons. The number of aryl methyl sites for hydroxylation is 1. The number of benzene rings is 2. The zero-order chi connectivity index (χ0) is 15.5. The van der Waals surface area contributed by atoms with E-state index in [1.165, 1.54) is 0 Å². The predicted molar refractivity (Wildman–Crippen MR) is 77.7 cm³/mol. The Morgan fingerprint density at radius 2 is 1.71 bits per heavy atom. The van der Waals surface area contributed by atoms with Crippen LogP contribution in [-0.4, -0.2) is 0 Å². The summed E-state index contributed by atoms with van der Waals surface area (Å²) in [4.78, 5) is 0. The molecule has 21 heavy (non-hydrogen) atoms. The third-order valence-electron chi connectivity index (χ3n) is 3.15. The third kappa shape index (κ3) is 3.85. The van der Waals surface area contributed by atoms with Gasteiger partial charge in [0.05, 0.1) is 17.2 Å². The zero-order valence-corrected chi connectivity index (χ0v) is 12.5. The molecule has 0 spiro atoms. The molecule has 0 saturated heterocycles. The Balaban J connectivity index is 2.30. The van der Waals surface area contributed by atoms with Crippen LogP contribution in [0.1, 0.15) is 22.3 Å². The van der Waals surface area contributed by atoms with E-state index in [1.54, 1.807) is 0 Å². The number of halogens is 4. The molecule has 0 aliphatic heterocycles. The molecule has 2 aromatic rings. The normalized spacial score (nSPS) is 11.2. The van der Waals surface area contributed by atoms with Crippen LogP contribution in [0.3, 0.4) is 0 Å². The molecular weight excluding hydrogens is 343 g/mol. The van der Waals surface area contributed by atoms with E-state index in [2.05, 4.69) is 15.9 Å². The molecule has 5 heteroatoms. The van der Waals surface area contributed by atoms with Gasteiger partial charge >= 0.3 is 6.18 Å². The van der Waals surface area contributed by atoms with Crippen LogP contribution in [0.4, 0.5) is 13.2 Å². The van der Waals surface area contributed by atoms with Gasteiger partial charge in [0.15, 0.2) is 0 Å². The molecule has 0 aliphatic rings. The van der Waals surface area contributed by atoms with E-state index in [4.69, 9.17) is 5.26 Å². The Hall–Kier alpha value is -1.80. The van der Waals surface area contributed by atoms with Crippen LogP contribution < -0.4 is 0 Å². The van der Waals surface area contributed by atoms with Gasteiger partial charge in [-0.3, -0.25) is 0 Å². The number of hydrogen-bond acceptors (Lipinski definition) is 1. The van der Waals surface area contributed by atoms with Crippen LogP contribution >= 0.6 is 15.9 Å². The predicted octanol–water partition coefficient (Wildman–Crippen LogP) is 5.12. The Morgan fingerprint density at radius 1 is 1.05 bits per heavy atom. The van der Waals surface area contributed by atoms with E-state index >= 15 is 0 Å².